The fraction of sp³-hybridized carbons (Fsp3) is 0.462. The van der Waals surface area contributed by atoms with Crippen molar-refractivity contribution >= 4 is 46.8 Å². The number of hydrogen-bond donors (Lipinski definition) is 1. The van der Waals surface area contributed by atoms with Crippen LogP contribution in [0.25, 0.3) is 0 Å². The number of hydrogen-bond acceptors (Lipinski definition) is 3. The maximum atomic E-state index is 13.4. The number of halogens is 2. The molecule has 1 saturated carbocycles. The van der Waals surface area contributed by atoms with Crippen LogP contribution in [-0.2, 0) is 21.9 Å². The Bertz CT molecular complexity index is 963. The Balaban J connectivity index is 1.73. The molecule has 1 N–H and O–H groups in total. The van der Waals surface area contributed by atoms with Crippen LogP contribution in [0.4, 0.5) is 0 Å². The molecule has 2 aromatic carbocycles. The zero-order valence-electron chi connectivity index (χ0n) is 19.3. The molecule has 1 atom stereocenters. The average Bonchev–Trinajstić information content (AvgIpc) is 3.28. The Morgan fingerprint density at radius 3 is 2.58 bits per heavy atom. The third-order valence-corrected chi connectivity index (χ3v) is 7.60. The van der Waals surface area contributed by atoms with Gasteiger partial charge in [-0.25, -0.2) is 0 Å². The van der Waals surface area contributed by atoms with Gasteiger partial charge in [0.1, 0.15) is 6.04 Å². The molecule has 0 aliphatic heterocycles. The van der Waals surface area contributed by atoms with Gasteiger partial charge in [-0.2, -0.15) is 0 Å². The molecular formula is C26H32Cl2N2O2S. The highest BCUT2D eigenvalue weighted by Gasteiger charge is 2.30. The van der Waals surface area contributed by atoms with E-state index in [1.165, 1.54) is 11.1 Å². The van der Waals surface area contributed by atoms with E-state index in [9.17, 15) is 9.59 Å². The predicted octanol–water partition coefficient (Wildman–Crippen LogP) is 6.40. The minimum absolute atomic E-state index is 0.0629. The van der Waals surface area contributed by atoms with Crippen molar-refractivity contribution in [3.05, 3.63) is 69.2 Å². The van der Waals surface area contributed by atoms with Gasteiger partial charge in [-0.3, -0.25) is 9.59 Å². The number of rotatable bonds is 10. The van der Waals surface area contributed by atoms with Crippen LogP contribution >= 0.6 is 35.0 Å². The van der Waals surface area contributed by atoms with Crippen molar-refractivity contribution in [2.45, 2.75) is 70.3 Å². The molecule has 0 radical (unpaired) electrons. The highest BCUT2D eigenvalue weighted by Crippen LogP contribution is 2.25. The van der Waals surface area contributed by atoms with Crippen molar-refractivity contribution in [2.75, 3.05) is 5.75 Å². The van der Waals surface area contributed by atoms with Gasteiger partial charge in [0.25, 0.3) is 0 Å². The molecule has 2 aromatic rings. The molecule has 1 unspecified atom stereocenters. The molecule has 7 heteroatoms. The lowest BCUT2D eigenvalue weighted by Gasteiger charge is -2.31. The lowest BCUT2D eigenvalue weighted by atomic mass is 10.1. The standard InChI is InChI=1S/C26H32Cl2N2O2S/c1-3-24(26(32)29-22-9-4-5-10-22)30(15-20-11-12-21(27)14-23(20)28)25(31)17-33-16-19-8-6-7-18(2)13-19/h6-8,11-14,22,24H,3-5,9-10,15-17H2,1-2H3,(H,29,32). The van der Waals surface area contributed by atoms with Crippen molar-refractivity contribution in [1.82, 2.24) is 10.2 Å². The summed E-state index contributed by atoms with van der Waals surface area (Å²) < 4.78 is 0. The van der Waals surface area contributed by atoms with Crippen LogP contribution in [0.2, 0.25) is 10.0 Å². The highest BCUT2D eigenvalue weighted by atomic mass is 35.5. The molecule has 4 nitrogen and oxygen atoms in total. The van der Waals surface area contributed by atoms with Gasteiger partial charge in [0, 0.05) is 28.4 Å². The molecule has 1 fully saturated rings. The number of carbonyl (C=O) groups excluding carboxylic acids is 2. The first-order valence-electron chi connectivity index (χ1n) is 11.5. The van der Waals surface area contributed by atoms with Gasteiger partial charge in [0.05, 0.1) is 5.75 Å². The summed E-state index contributed by atoms with van der Waals surface area (Å²) in [7, 11) is 0. The zero-order chi connectivity index (χ0) is 23.8. The normalized spacial score (nSPS) is 14.8. The summed E-state index contributed by atoms with van der Waals surface area (Å²) in [6.07, 6.45) is 4.83. The second-order valence-electron chi connectivity index (χ2n) is 8.65. The third kappa shape index (κ3) is 7.66. The molecule has 178 valence electrons. The van der Waals surface area contributed by atoms with Gasteiger partial charge in [0.15, 0.2) is 0 Å². The quantitative estimate of drug-likeness (QED) is 0.405. The Morgan fingerprint density at radius 2 is 1.91 bits per heavy atom. The SMILES string of the molecule is CCC(C(=O)NC1CCCC1)N(Cc1ccc(Cl)cc1Cl)C(=O)CSCc1cccc(C)c1. The first kappa shape index (κ1) is 25.9. The van der Waals surface area contributed by atoms with Crippen LogP contribution in [0, 0.1) is 6.92 Å². The average molecular weight is 508 g/mol. The van der Waals surface area contributed by atoms with E-state index in [1.807, 2.05) is 19.1 Å². The smallest absolute Gasteiger partial charge is 0.243 e. The summed E-state index contributed by atoms with van der Waals surface area (Å²) in [6.45, 7) is 4.28. The molecule has 0 spiro atoms. The van der Waals surface area contributed by atoms with E-state index in [0.717, 1.165) is 37.0 Å². The van der Waals surface area contributed by atoms with Gasteiger partial charge in [-0.15, -0.1) is 11.8 Å². The number of aryl methyl sites for hydroxylation is 1. The van der Waals surface area contributed by atoms with E-state index in [2.05, 4.69) is 30.4 Å². The van der Waals surface area contributed by atoms with E-state index >= 15 is 0 Å². The van der Waals surface area contributed by atoms with Gasteiger partial charge in [-0.1, -0.05) is 78.9 Å². The Labute approximate surface area is 211 Å². The number of nitrogens with zero attached hydrogens (tertiary/aromatic N) is 1. The Hall–Kier alpha value is -1.69. The van der Waals surface area contributed by atoms with Gasteiger partial charge < -0.3 is 10.2 Å². The lowest BCUT2D eigenvalue weighted by Crippen LogP contribution is -2.51. The predicted molar refractivity (Wildman–Crippen MR) is 139 cm³/mol. The third-order valence-electron chi connectivity index (χ3n) is 6.02. The van der Waals surface area contributed by atoms with Crippen LogP contribution in [0.5, 0.6) is 0 Å². The Morgan fingerprint density at radius 1 is 1.15 bits per heavy atom. The first-order valence-corrected chi connectivity index (χ1v) is 13.5. The van der Waals surface area contributed by atoms with Gasteiger partial charge in [-0.05, 0) is 49.4 Å². The Kier molecular flexibility index (Phi) is 9.96. The molecule has 0 heterocycles. The van der Waals surface area contributed by atoms with Crippen LogP contribution in [0.15, 0.2) is 42.5 Å². The largest absolute Gasteiger partial charge is 0.352 e. The van der Waals surface area contributed by atoms with Crippen molar-refractivity contribution in [3.63, 3.8) is 0 Å². The maximum absolute atomic E-state index is 13.4. The van der Waals surface area contributed by atoms with Crippen molar-refractivity contribution in [1.29, 1.82) is 0 Å². The molecule has 1 aliphatic carbocycles. The fourth-order valence-electron chi connectivity index (χ4n) is 4.26. The van der Waals surface area contributed by atoms with E-state index in [-0.39, 0.29) is 24.4 Å². The zero-order valence-corrected chi connectivity index (χ0v) is 21.6. The molecule has 0 saturated heterocycles. The van der Waals surface area contributed by atoms with Gasteiger partial charge >= 0.3 is 0 Å². The summed E-state index contributed by atoms with van der Waals surface area (Å²) in [5.41, 5.74) is 3.17. The lowest BCUT2D eigenvalue weighted by molar-refractivity contribution is -0.139. The second kappa shape index (κ2) is 12.7. The number of nitrogens with one attached hydrogen (secondary N) is 1. The summed E-state index contributed by atoms with van der Waals surface area (Å²) in [5, 5.41) is 4.21. The minimum atomic E-state index is -0.538. The van der Waals surface area contributed by atoms with Crippen molar-refractivity contribution < 1.29 is 9.59 Å². The number of carbonyl (C=O) groups is 2. The van der Waals surface area contributed by atoms with Crippen LogP contribution in [0.3, 0.4) is 0 Å². The van der Waals surface area contributed by atoms with Gasteiger partial charge in [0.2, 0.25) is 11.8 Å². The summed E-state index contributed by atoms with van der Waals surface area (Å²) in [4.78, 5) is 28.2. The van der Waals surface area contributed by atoms with Crippen LogP contribution in [0.1, 0.15) is 55.7 Å². The van der Waals surface area contributed by atoms with E-state index in [0.29, 0.717) is 22.2 Å². The molecule has 1 aliphatic rings. The van der Waals surface area contributed by atoms with Crippen molar-refractivity contribution in [3.8, 4) is 0 Å². The highest BCUT2D eigenvalue weighted by molar-refractivity contribution is 7.99. The molecule has 3 rings (SSSR count). The minimum Gasteiger partial charge on any atom is -0.352 e. The summed E-state index contributed by atoms with van der Waals surface area (Å²) in [6, 6.07) is 13.2. The fourth-order valence-corrected chi connectivity index (χ4v) is 5.59. The summed E-state index contributed by atoms with van der Waals surface area (Å²) >= 11 is 14.0. The van der Waals surface area contributed by atoms with Crippen LogP contribution in [-0.4, -0.2) is 34.6 Å². The molecular weight excluding hydrogens is 475 g/mol. The molecule has 2 amide bonds. The van der Waals surface area contributed by atoms with E-state index in [4.69, 9.17) is 23.2 Å². The number of amides is 2. The topological polar surface area (TPSA) is 49.4 Å². The molecule has 0 bridgehead atoms. The number of benzene rings is 2. The second-order valence-corrected chi connectivity index (χ2v) is 10.5. The summed E-state index contributed by atoms with van der Waals surface area (Å²) in [5.74, 6) is 0.902. The van der Waals surface area contributed by atoms with Crippen molar-refractivity contribution in [2.24, 2.45) is 0 Å². The monoisotopic (exact) mass is 506 g/mol. The molecule has 33 heavy (non-hydrogen) atoms. The maximum Gasteiger partial charge on any atom is 0.243 e. The molecule has 0 aromatic heterocycles. The number of thioether (sulfide) groups is 1. The first-order chi connectivity index (χ1) is 15.9. The van der Waals surface area contributed by atoms with E-state index in [1.54, 1.807) is 28.8 Å². The van der Waals surface area contributed by atoms with Crippen LogP contribution < -0.4 is 5.32 Å². The van der Waals surface area contributed by atoms with E-state index < -0.39 is 6.04 Å².